The molecule has 0 amide bonds. The molecule has 2 unspecified atom stereocenters. The van der Waals surface area contributed by atoms with Crippen LogP contribution in [0.4, 0.5) is 11.6 Å². The lowest BCUT2D eigenvalue weighted by Crippen LogP contribution is -2.19. The molecule has 2 atom stereocenters. The number of hydrogen-bond acceptors (Lipinski definition) is 10. The van der Waals surface area contributed by atoms with Gasteiger partial charge in [0.25, 0.3) is 0 Å². The highest BCUT2D eigenvalue weighted by molar-refractivity contribution is 9.10. The minimum absolute atomic E-state index is 0.227. The number of benzene rings is 3. The summed E-state index contributed by atoms with van der Waals surface area (Å²) in [4.78, 5) is 17.6. The van der Waals surface area contributed by atoms with E-state index in [9.17, 15) is 0 Å². The molecule has 2 fully saturated rings. The molecule has 9 rings (SSSR count). The smallest absolute Gasteiger partial charge is 0.233 e. The zero-order valence-corrected chi connectivity index (χ0v) is 31.5. The van der Waals surface area contributed by atoms with Gasteiger partial charge in [-0.2, -0.15) is 0 Å². The summed E-state index contributed by atoms with van der Waals surface area (Å²) in [6, 6.07) is 30.5. The number of anilines is 2. The van der Waals surface area contributed by atoms with E-state index < -0.39 is 0 Å². The Hall–Kier alpha value is -5.10. The normalized spacial score (nSPS) is 16.5. The van der Waals surface area contributed by atoms with Crippen molar-refractivity contribution >= 4 is 49.8 Å². The van der Waals surface area contributed by atoms with E-state index in [-0.39, 0.29) is 12.2 Å². The van der Waals surface area contributed by atoms with E-state index in [1.54, 1.807) is 6.33 Å². The molecule has 0 radical (unpaired) electrons. The molecule has 7 aromatic rings. The molecule has 2 N–H and O–H groups in total. The van der Waals surface area contributed by atoms with Gasteiger partial charge >= 0.3 is 0 Å². The molecule has 2 aliphatic heterocycles. The zero-order chi connectivity index (χ0) is 36.4. The Balaban J connectivity index is 0.000000160. The first-order chi connectivity index (χ1) is 26.2. The predicted octanol–water partition coefficient (Wildman–Crippen LogP) is 10.4. The summed E-state index contributed by atoms with van der Waals surface area (Å²) in [5.41, 5.74) is 6.30. The first-order valence-electron chi connectivity index (χ1n) is 18.3. The third kappa shape index (κ3) is 8.27. The molecule has 6 heterocycles. The molecule has 11 heteroatoms. The molecule has 0 saturated carbocycles. The number of ether oxygens (including phenoxy) is 2. The van der Waals surface area contributed by atoms with Crippen molar-refractivity contribution in [3.63, 3.8) is 0 Å². The Labute approximate surface area is 317 Å². The fourth-order valence-electron chi connectivity index (χ4n) is 6.68. The molecular weight excluding hydrogens is 732 g/mol. The lowest BCUT2D eigenvalue weighted by Gasteiger charge is -2.12. The van der Waals surface area contributed by atoms with Crippen LogP contribution in [0.15, 0.2) is 117 Å². The Morgan fingerprint density at radius 1 is 0.585 bits per heavy atom. The molecule has 272 valence electrons. The molecule has 2 aliphatic rings. The summed E-state index contributed by atoms with van der Waals surface area (Å²) in [7, 11) is 0. The molecule has 0 aliphatic carbocycles. The Morgan fingerprint density at radius 2 is 1.04 bits per heavy atom. The summed E-state index contributed by atoms with van der Waals surface area (Å²) < 4.78 is 24.1. The lowest BCUT2D eigenvalue weighted by molar-refractivity contribution is 0.120. The van der Waals surface area contributed by atoms with Gasteiger partial charge in [-0.05, 0) is 52.7 Å². The van der Waals surface area contributed by atoms with E-state index >= 15 is 0 Å². The van der Waals surface area contributed by atoms with Gasteiger partial charge in [-0.25, -0.2) is 19.9 Å². The number of halogens is 1. The SMILES string of the molecule is Brc1oc2ncnc(NCC3CCCO3)c2c1-c1ccccc1.CC.c1ccc(-c2oc3ncnc(NCC4CCCO4)c3c2-c2ccccc2)cc1. The second-order valence-corrected chi connectivity index (χ2v) is 13.2. The van der Waals surface area contributed by atoms with E-state index in [2.05, 4.69) is 70.8 Å². The minimum Gasteiger partial charge on any atom is -0.437 e. The van der Waals surface area contributed by atoms with Crippen molar-refractivity contribution in [1.82, 2.24) is 19.9 Å². The van der Waals surface area contributed by atoms with Crippen molar-refractivity contribution in [1.29, 1.82) is 0 Å². The van der Waals surface area contributed by atoms with Gasteiger partial charge in [-0.3, -0.25) is 0 Å². The maximum atomic E-state index is 6.23. The molecule has 0 bridgehead atoms. The second-order valence-electron chi connectivity index (χ2n) is 12.5. The first-order valence-corrected chi connectivity index (χ1v) is 19.1. The maximum Gasteiger partial charge on any atom is 0.233 e. The van der Waals surface area contributed by atoms with Gasteiger partial charge in [0.15, 0.2) is 4.67 Å². The van der Waals surface area contributed by atoms with Crippen LogP contribution in [0.1, 0.15) is 39.5 Å². The maximum absolute atomic E-state index is 6.23. The number of nitrogens with zero attached hydrogens (tertiary/aromatic N) is 4. The van der Waals surface area contributed by atoms with Gasteiger partial charge in [0.2, 0.25) is 11.4 Å². The highest BCUT2D eigenvalue weighted by Gasteiger charge is 2.24. The third-order valence-corrected chi connectivity index (χ3v) is 9.70. The standard InChI is InChI=1S/C23H21N3O2.C17H16BrN3O2.C2H6/c1-3-8-16(9-4-1)19-20-22(24-14-18-12-7-13-27-18)25-15-26-23(20)28-21(19)17-10-5-2-6-11-17;18-15-13(11-5-2-1-3-6-11)14-16(20-10-21-17(14)23-15)19-9-12-7-4-8-22-12;1-2/h1-6,8-11,15,18H,7,12-14H2,(H,24,25,26);1-3,5-6,10,12H,4,7-9H2,(H,19,20,21);1-2H3. The van der Waals surface area contributed by atoms with Crippen molar-refractivity contribution in [3.8, 4) is 33.6 Å². The van der Waals surface area contributed by atoms with Gasteiger partial charge in [0.1, 0.15) is 30.1 Å². The second kappa shape index (κ2) is 17.6. The van der Waals surface area contributed by atoms with Crippen LogP contribution in [0.5, 0.6) is 0 Å². The van der Waals surface area contributed by atoms with Crippen LogP contribution in [-0.2, 0) is 9.47 Å². The Kier molecular flexibility index (Phi) is 12.1. The first kappa shape index (κ1) is 36.3. The third-order valence-electron chi connectivity index (χ3n) is 9.14. The number of hydrogen-bond donors (Lipinski definition) is 2. The monoisotopic (exact) mass is 774 g/mol. The van der Waals surface area contributed by atoms with E-state index in [0.717, 1.165) is 108 Å². The van der Waals surface area contributed by atoms with Gasteiger partial charge in [-0.15, -0.1) is 0 Å². The average Bonchev–Trinajstić information content (AvgIpc) is 4.05. The number of aromatic nitrogens is 4. The van der Waals surface area contributed by atoms with Gasteiger partial charge in [0.05, 0.1) is 23.0 Å². The van der Waals surface area contributed by atoms with E-state index in [1.807, 2.05) is 80.6 Å². The molecule has 3 aromatic carbocycles. The quantitative estimate of drug-likeness (QED) is 0.147. The molecule has 10 nitrogen and oxygen atoms in total. The van der Waals surface area contributed by atoms with Crippen molar-refractivity contribution < 1.29 is 18.3 Å². The Morgan fingerprint density at radius 3 is 1.53 bits per heavy atom. The number of nitrogens with one attached hydrogen (secondary N) is 2. The summed E-state index contributed by atoms with van der Waals surface area (Å²) in [6.07, 6.45) is 7.94. The molecular formula is C42H43BrN6O4. The molecule has 4 aromatic heterocycles. The van der Waals surface area contributed by atoms with Crippen molar-refractivity contribution in [2.45, 2.75) is 51.7 Å². The van der Waals surface area contributed by atoms with Crippen molar-refractivity contribution in [2.24, 2.45) is 0 Å². The highest BCUT2D eigenvalue weighted by atomic mass is 79.9. The minimum atomic E-state index is 0.227. The average molecular weight is 776 g/mol. The topological polar surface area (TPSA) is 120 Å². The zero-order valence-electron chi connectivity index (χ0n) is 29.9. The van der Waals surface area contributed by atoms with E-state index in [4.69, 9.17) is 18.3 Å². The van der Waals surface area contributed by atoms with Crippen LogP contribution >= 0.6 is 15.9 Å². The van der Waals surface area contributed by atoms with Crippen LogP contribution in [-0.4, -0.2) is 58.4 Å². The Bertz CT molecular complexity index is 2200. The van der Waals surface area contributed by atoms with Gasteiger partial charge < -0.3 is 28.9 Å². The van der Waals surface area contributed by atoms with Crippen LogP contribution in [0.2, 0.25) is 0 Å². The largest absolute Gasteiger partial charge is 0.437 e. The number of rotatable bonds is 9. The van der Waals surface area contributed by atoms with Crippen LogP contribution in [0, 0.1) is 0 Å². The van der Waals surface area contributed by atoms with E-state index in [1.165, 1.54) is 6.33 Å². The number of furan rings is 2. The van der Waals surface area contributed by atoms with E-state index in [0.29, 0.717) is 16.1 Å². The highest BCUT2D eigenvalue weighted by Crippen LogP contribution is 2.43. The molecule has 2 saturated heterocycles. The summed E-state index contributed by atoms with van der Waals surface area (Å²) in [5.74, 6) is 2.37. The summed E-state index contributed by atoms with van der Waals surface area (Å²) >= 11 is 3.51. The van der Waals surface area contributed by atoms with Gasteiger partial charge in [0, 0.05) is 43.0 Å². The summed E-state index contributed by atoms with van der Waals surface area (Å²) in [6.45, 7) is 7.15. The molecule has 53 heavy (non-hydrogen) atoms. The van der Waals surface area contributed by atoms with Gasteiger partial charge in [-0.1, -0.05) is 105 Å². The predicted molar refractivity (Wildman–Crippen MR) is 214 cm³/mol. The van der Waals surface area contributed by atoms with Crippen LogP contribution < -0.4 is 10.6 Å². The fourth-order valence-corrected chi connectivity index (χ4v) is 7.26. The lowest BCUT2D eigenvalue weighted by atomic mass is 9.99. The van der Waals surface area contributed by atoms with Crippen molar-refractivity contribution in [3.05, 3.63) is 108 Å². The van der Waals surface area contributed by atoms with Crippen LogP contribution in [0.25, 0.3) is 55.8 Å². The van der Waals surface area contributed by atoms with Crippen LogP contribution in [0.3, 0.4) is 0 Å². The van der Waals surface area contributed by atoms with Crippen molar-refractivity contribution in [2.75, 3.05) is 36.9 Å². The molecule has 0 spiro atoms. The fraction of sp³-hybridized carbons (Fsp3) is 0.286. The summed E-state index contributed by atoms with van der Waals surface area (Å²) in [5, 5.41) is 8.66. The number of fused-ring (bicyclic) bond motifs is 2.